The molecular weight excluding hydrogens is 382 g/mol. The fraction of sp³-hybridized carbons (Fsp3) is 0.286. The molecule has 0 aliphatic carbocycles. The van der Waals surface area contributed by atoms with Crippen LogP contribution in [0.2, 0.25) is 0 Å². The molecule has 30 heavy (non-hydrogen) atoms. The van der Waals surface area contributed by atoms with Gasteiger partial charge in [0.2, 0.25) is 17.7 Å². The second kappa shape index (κ2) is 9.17. The highest BCUT2D eigenvalue weighted by atomic mass is 16.5. The summed E-state index contributed by atoms with van der Waals surface area (Å²) in [5.41, 5.74) is 2.90. The molecule has 0 bridgehead atoms. The SMILES string of the molecule is CCCCn1cnc2c(OCc3ccccn3)nc(Nc3ccc(OC)nc3)nc21. The fourth-order valence-corrected chi connectivity index (χ4v) is 2.90. The normalized spacial score (nSPS) is 10.9. The van der Waals surface area contributed by atoms with Crippen LogP contribution in [0.1, 0.15) is 25.5 Å². The maximum absolute atomic E-state index is 5.97. The van der Waals surface area contributed by atoms with Gasteiger partial charge < -0.3 is 19.4 Å². The first-order valence-corrected chi connectivity index (χ1v) is 9.79. The number of hydrogen-bond acceptors (Lipinski definition) is 8. The smallest absolute Gasteiger partial charge is 0.247 e. The van der Waals surface area contributed by atoms with E-state index < -0.39 is 0 Å². The molecule has 4 heterocycles. The lowest BCUT2D eigenvalue weighted by atomic mass is 10.3. The Morgan fingerprint density at radius 3 is 2.73 bits per heavy atom. The molecule has 0 unspecified atom stereocenters. The lowest BCUT2D eigenvalue weighted by Crippen LogP contribution is -2.05. The zero-order chi connectivity index (χ0) is 20.8. The van der Waals surface area contributed by atoms with E-state index in [1.54, 1.807) is 31.9 Å². The number of ether oxygens (including phenoxy) is 2. The number of nitrogens with zero attached hydrogens (tertiary/aromatic N) is 6. The molecule has 0 aromatic carbocycles. The zero-order valence-electron chi connectivity index (χ0n) is 16.9. The van der Waals surface area contributed by atoms with E-state index in [1.165, 1.54) is 0 Å². The number of hydrogen-bond donors (Lipinski definition) is 1. The lowest BCUT2D eigenvalue weighted by Gasteiger charge is -2.10. The summed E-state index contributed by atoms with van der Waals surface area (Å²) in [7, 11) is 1.58. The predicted octanol–water partition coefficient (Wildman–Crippen LogP) is 3.75. The van der Waals surface area contributed by atoms with Crippen molar-refractivity contribution < 1.29 is 9.47 Å². The molecule has 0 fully saturated rings. The largest absolute Gasteiger partial charge is 0.481 e. The molecule has 0 spiro atoms. The van der Waals surface area contributed by atoms with E-state index in [2.05, 4.69) is 37.2 Å². The molecule has 0 atom stereocenters. The Hall–Kier alpha value is -3.75. The Morgan fingerprint density at radius 2 is 2.00 bits per heavy atom. The van der Waals surface area contributed by atoms with Gasteiger partial charge in [-0.05, 0) is 24.6 Å². The second-order valence-electron chi connectivity index (χ2n) is 6.64. The van der Waals surface area contributed by atoms with Crippen LogP contribution in [-0.4, -0.2) is 36.6 Å². The second-order valence-corrected chi connectivity index (χ2v) is 6.64. The van der Waals surface area contributed by atoms with Crippen molar-refractivity contribution in [1.82, 2.24) is 29.5 Å². The van der Waals surface area contributed by atoms with Crippen molar-refractivity contribution >= 4 is 22.8 Å². The van der Waals surface area contributed by atoms with Crippen molar-refractivity contribution in [2.75, 3.05) is 12.4 Å². The molecule has 0 aliphatic heterocycles. The Bertz CT molecular complexity index is 1100. The molecule has 154 valence electrons. The van der Waals surface area contributed by atoms with Crippen LogP contribution in [0, 0.1) is 0 Å². The summed E-state index contributed by atoms with van der Waals surface area (Å²) in [4.78, 5) is 22.2. The summed E-state index contributed by atoms with van der Waals surface area (Å²) in [6, 6.07) is 9.31. The van der Waals surface area contributed by atoms with Crippen LogP contribution >= 0.6 is 0 Å². The van der Waals surface area contributed by atoms with Gasteiger partial charge in [0.1, 0.15) is 6.61 Å². The van der Waals surface area contributed by atoms with Gasteiger partial charge in [0.15, 0.2) is 11.2 Å². The summed E-state index contributed by atoms with van der Waals surface area (Å²) >= 11 is 0. The topological polar surface area (TPSA) is 99.9 Å². The van der Waals surface area contributed by atoms with Gasteiger partial charge in [0.25, 0.3) is 0 Å². The number of methoxy groups -OCH3 is 1. The number of rotatable bonds is 9. The van der Waals surface area contributed by atoms with Crippen LogP contribution in [0.3, 0.4) is 0 Å². The summed E-state index contributed by atoms with van der Waals surface area (Å²) < 4.78 is 13.1. The van der Waals surface area contributed by atoms with Crippen LogP contribution in [0.25, 0.3) is 11.2 Å². The van der Waals surface area contributed by atoms with Gasteiger partial charge in [-0.1, -0.05) is 19.4 Å². The van der Waals surface area contributed by atoms with Crippen molar-refractivity contribution in [1.29, 1.82) is 0 Å². The van der Waals surface area contributed by atoms with Crippen LogP contribution in [0.4, 0.5) is 11.6 Å². The molecule has 9 nitrogen and oxygen atoms in total. The molecule has 0 saturated heterocycles. The molecule has 4 aromatic heterocycles. The van der Waals surface area contributed by atoms with E-state index in [9.17, 15) is 0 Å². The van der Waals surface area contributed by atoms with E-state index in [0.717, 1.165) is 36.4 Å². The Labute approximate surface area is 174 Å². The molecular formula is C21H23N7O2. The van der Waals surface area contributed by atoms with Gasteiger partial charge in [0, 0.05) is 18.8 Å². The third-order valence-corrected chi connectivity index (χ3v) is 4.47. The van der Waals surface area contributed by atoms with Gasteiger partial charge in [-0.3, -0.25) is 4.98 Å². The number of imidazole rings is 1. The molecule has 9 heteroatoms. The standard InChI is InChI=1S/C21H23N7O2/c1-3-4-11-28-14-24-18-19(28)26-21(25-15-8-9-17(29-2)23-12-15)27-20(18)30-13-16-7-5-6-10-22-16/h5-10,12,14H,3-4,11,13H2,1-2H3,(H,25,26,27). The predicted molar refractivity (Wildman–Crippen MR) is 113 cm³/mol. The number of fused-ring (bicyclic) bond motifs is 1. The third kappa shape index (κ3) is 4.45. The number of anilines is 2. The van der Waals surface area contributed by atoms with E-state index in [-0.39, 0.29) is 6.61 Å². The van der Waals surface area contributed by atoms with E-state index in [0.29, 0.717) is 23.2 Å². The maximum atomic E-state index is 5.97. The van der Waals surface area contributed by atoms with Crippen molar-refractivity contribution in [2.24, 2.45) is 0 Å². The fourth-order valence-electron chi connectivity index (χ4n) is 2.90. The molecule has 0 radical (unpaired) electrons. The summed E-state index contributed by atoms with van der Waals surface area (Å²) in [5.74, 6) is 1.35. The van der Waals surface area contributed by atoms with Gasteiger partial charge in [0.05, 0.1) is 31.0 Å². The van der Waals surface area contributed by atoms with Crippen molar-refractivity contribution in [3.8, 4) is 11.8 Å². The molecule has 0 amide bonds. The molecule has 4 aromatic rings. The number of unbranched alkanes of at least 4 members (excludes halogenated alkanes) is 1. The highest BCUT2D eigenvalue weighted by Gasteiger charge is 2.15. The van der Waals surface area contributed by atoms with Crippen LogP contribution in [0.5, 0.6) is 11.8 Å². The number of nitrogens with one attached hydrogen (secondary N) is 1. The van der Waals surface area contributed by atoms with E-state index in [1.807, 2.05) is 28.8 Å². The van der Waals surface area contributed by atoms with E-state index in [4.69, 9.17) is 9.47 Å². The van der Waals surface area contributed by atoms with Gasteiger partial charge in [-0.25, -0.2) is 9.97 Å². The first-order chi connectivity index (χ1) is 14.8. The highest BCUT2D eigenvalue weighted by molar-refractivity contribution is 5.78. The minimum Gasteiger partial charge on any atom is -0.481 e. The van der Waals surface area contributed by atoms with Gasteiger partial charge >= 0.3 is 0 Å². The molecule has 0 aliphatic rings. The van der Waals surface area contributed by atoms with Crippen LogP contribution in [-0.2, 0) is 13.2 Å². The van der Waals surface area contributed by atoms with Crippen LogP contribution in [0.15, 0.2) is 49.1 Å². The van der Waals surface area contributed by atoms with Gasteiger partial charge in [-0.15, -0.1) is 0 Å². The zero-order valence-corrected chi connectivity index (χ0v) is 16.9. The summed E-state index contributed by atoms with van der Waals surface area (Å²) in [6.07, 6.45) is 7.29. The molecule has 4 rings (SSSR count). The lowest BCUT2D eigenvalue weighted by molar-refractivity contribution is 0.293. The number of aryl methyl sites for hydroxylation is 1. The van der Waals surface area contributed by atoms with Crippen molar-refractivity contribution in [3.63, 3.8) is 0 Å². The maximum Gasteiger partial charge on any atom is 0.247 e. The molecule has 0 saturated carbocycles. The monoisotopic (exact) mass is 405 g/mol. The average molecular weight is 405 g/mol. The first kappa shape index (κ1) is 19.6. The Balaban J connectivity index is 1.65. The Morgan fingerprint density at radius 1 is 1.07 bits per heavy atom. The summed E-state index contributed by atoms with van der Waals surface area (Å²) in [5, 5.41) is 3.18. The number of pyridine rings is 2. The highest BCUT2D eigenvalue weighted by Crippen LogP contribution is 2.25. The first-order valence-electron chi connectivity index (χ1n) is 9.79. The number of aromatic nitrogens is 6. The Kier molecular flexibility index (Phi) is 5.98. The van der Waals surface area contributed by atoms with Gasteiger partial charge in [-0.2, -0.15) is 9.97 Å². The summed E-state index contributed by atoms with van der Waals surface area (Å²) in [6.45, 7) is 3.27. The minimum absolute atomic E-state index is 0.290. The van der Waals surface area contributed by atoms with Crippen LogP contribution < -0.4 is 14.8 Å². The van der Waals surface area contributed by atoms with E-state index >= 15 is 0 Å². The quantitative estimate of drug-likeness (QED) is 0.449. The van der Waals surface area contributed by atoms with Crippen molar-refractivity contribution in [2.45, 2.75) is 32.9 Å². The minimum atomic E-state index is 0.290. The molecule has 1 N–H and O–H groups in total. The third-order valence-electron chi connectivity index (χ3n) is 4.47. The van der Waals surface area contributed by atoms with Crippen molar-refractivity contribution in [3.05, 3.63) is 54.7 Å². The average Bonchev–Trinajstić information content (AvgIpc) is 3.20.